The van der Waals surface area contributed by atoms with Gasteiger partial charge in [-0.2, -0.15) is 14.4 Å². The molecule has 11 nitrogen and oxygen atoms in total. The normalized spacial score (nSPS) is 18.1. The van der Waals surface area contributed by atoms with Crippen LogP contribution >= 0.6 is 8.18 Å². The van der Waals surface area contributed by atoms with Gasteiger partial charge in [-0.15, -0.1) is 10.9 Å². The topological polar surface area (TPSA) is 143 Å². The van der Waals surface area contributed by atoms with Gasteiger partial charge in [0.25, 0.3) is 0 Å². The number of ether oxygens (including phenoxy) is 2. The van der Waals surface area contributed by atoms with Crippen molar-refractivity contribution in [3.05, 3.63) is 47.8 Å². The minimum Gasteiger partial charge on any atom is -0.464 e. The number of halogens is 3. The smallest absolute Gasteiger partial charge is 0.464 e. The van der Waals surface area contributed by atoms with Crippen molar-refractivity contribution in [3.8, 4) is 12.3 Å². The van der Waals surface area contributed by atoms with Crippen LogP contribution in [0.5, 0.6) is 0 Å². The first-order valence-corrected chi connectivity index (χ1v) is 19.6. The fraction of sp³-hybridized carbons (Fsp3) is 0.622. The molecule has 1 aromatic carbocycles. The van der Waals surface area contributed by atoms with Crippen LogP contribution in [0.2, 0.25) is 0 Å². The average Bonchev–Trinajstić information content (AvgIpc) is 3.73. The average molecular weight is 748 g/mol. The van der Waals surface area contributed by atoms with Crippen molar-refractivity contribution in [1.82, 2.24) is 24.6 Å². The van der Waals surface area contributed by atoms with Crippen LogP contribution in [0.15, 0.2) is 24.5 Å². The maximum atomic E-state index is 14.0. The van der Waals surface area contributed by atoms with E-state index in [4.69, 9.17) is 26.2 Å². The monoisotopic (exact) mass is 747 g/mol. The maximum Gasteiger partial charge on any atom is 0.614 e. The molecule has 4 rings (SSSR count). The van der Waals surface area contributed by atoms with Crippen molar-refractivity contribution in [2.75, 3.05) is 18.9 Å². The van der Waals surface area contributed by atoms with E-state index in [9.17, 15) is 22.5 Å². The summed E-state index contributed by atoms with van der Waals surface area (Å²) in [5.41, 5.74) is 4.94. The molecule has 3 aromatic rings. The van der Waals surface area contributed by atoms with Gasteiger partial charge >= 0.3 is 20.2 Å². The summed E-state index contributed by atoms with van der Waals surface area (Å²) in [6, 6.07) is 1.68. The summed E-state index contributed by atoms with van der Waals surface area (Å²) in [4.78, 5) is 24.5. The van der Waals surface area contributed by atoms with Crippen LogP contribution in [0.1, 0.15) is 121 Å². The van der Waals surface area contributed by atoms with E-state index in [-0.39, 0.29) is 48.6 Å². The highest BCUT2D eigenvalue weighted by Gasteiger charge is 2.44. The number of aromatic nitrogens is 4. The van der Waals surface area contributed by atoms with Crippen LogP contribution < -0.4 is 10.8 Å². The number of nitrogens with two attached hydrogens (primary N) is 1. The number of benzene rings is 1. The molecule has 284 valence electrons. The summed E-state index contributed by atoms with van der Waals surface area (Å²) in [7, 11) is -2.72. The number of imidazole rings is 1. The van der Waals surface area contributed by atoms with Crippen molar-refractivity contribution >= 4 is 31.1 Å². The van der Waals surface area contributed by atoms with Crippen molar-refractivity contribution in [1.29, 1.82) is 0 Å². The Bertz CT molecular complexity index is 1640. The predicted octanol–water partition coefficient (Wildman–Crippen LogP) is 8.41. The van der Waals surface area contributed by atoms with E-state index in [1.807, 2.05) is 0 Å². The Morgan fingerprint density at radius 2 is 1.65 bits per heavy atom. The minimum atomic E-state index is -2.72. The van der Waals surface area contributed by atoms with Gasteiger partial charge in [0, 0.05) is 12.5 Å². The molecule has 0 aliphatic carbocycles. The Morgan fingerprint density at radius 1 is 1.04 bits per heavy atom. The zero-order valence-corrected chi connectivity index (χ0v) is 30.9. The lowest BCUT2D eigenvalue weighted by Crippen LogP contribution is -2.37. The quantitative estimate of drug-likeness (QED) is 0.0301. The summed E-state index contributed by atoms with van der Waals surface area (Å²) in [5.74, 6) is 0.0852. The van der Waals surface area contributed by atoms with Crippen molar-refractivity contribution in [2.24, 2.45) is 0 Å². The molecular weight excluding hydrogens is 696 g/mol. The van der Waals surface area contributed by atoms with Crippen LogP contribution in [0, 0.1) is 30.1 Å². The fourth-order valence-electron chi connectivity index (χ4n) is 6.35. The minimum absolute atomic E-state index is 0.123. The first kappa shape index (κ1) is 41.1. The highest BCUT2D eigenvalue weighted by atomic mass is 31.1. The Labute approximate surface area is 304 Å². The Kier molecular flexibility index (Phi) is 16.7. The van der Waals surface area contributed by atoms with Crippen LogP contribution in [0.4, 0.5) is 19.0 Å². The summed E-state index contributed by atoms with van der Waals surface area (Å²) < 4.78 is 73.5. The maximum absolute atomic E-state index is 14.0. The number of esters is 1. The number of nitrogens with one attached hydrogen (secondary N) is 1. The predicted molar refractivity (Wildman–Crippen MR) is 192 cm³/mol. The molecule has 3 N–H and O–H groups in total. The number of unbranched alkanes of at least 4 members (excludes halogenated alkanes) is 13. The van der Waals surface area contributed by atoms with E-state index in [0.717, 1.165) is 37.5 Å². The lowest BCUT2D eigenvalue weighted by Gasteiger charge is -2.21. The lowest BCUT2D eigenvalue weighted by molar-refractivity contribution is -0.145. The molecule has 1 fully saturated rings. The Hall–Kier alpha value is -3.63. The largest absolute Gasteiger partial charge is 0.614 e. The SMILES string of the molecule is C#C[C@@]1(CO[P+](=O)N[C@@H](Cc2cc(F)cc(F)c2)C(=O)OCCCCCCCCCCCCCCCC)CC[C@H](n2cnc3c(N)nc(F)nc32)O1. The highest BCUT2D eigenvalue weighted by molar-refractivity contribution is 7.36. The van der Waals surface area contributed by atoms with Gasteiger partial charge < -0.3 is 15.2 Å². The van der Waals surface area contributed by atoms with Gasteiger partial charge in [0.05, 0.1) is 12.9 Å². The summed E-state index contributed by atoms with van der Waals surface area (Å²) >= 11 is 0. The molecule has 2 aromatic heterocycles. The molecule has 1 aliphatic heterocycles. The number of fused-ring (bicyclic) bond motifs is 1. The number of nitrogens with zero attached hydrogens (tertiary/aromatic N) is 4. The Morgan fingerprint density at radius 3 is 2.27 bits per heavy atom. The zero-order chi connectivity index (χ0) is 37.3. The first-order chi connectivity index (χ1) is 25.1. The third kappa shape index (κ3) is 12.8. The van der Waals surface area contributed by atoms with Gasteiger partial charge in [-0.05, 0) is 41.5 Å². The second kappa shape index (κ2) is 21.2. The molecule has 1 unspecified atom stereocenters. The summed E-state index contributed by atoms with van der Waals surface area (Å²) in [6.45, 7) is 2.07. The van der Waals surface area contributed by atoms with Crippen LogP contribution in [0.3, 0.4) is 0 Å². The third-order valence-corrected chi connectivity index (χ3v) is 10.1. The number of hydrogen-bond donors (Lipinski definition) is 2. The van der Waals surface area contributed by atoms with Gasteiger partial charge in [-0.3, -0.25) is 9.36 Å². The van der Waals surface area contributed by atoms with E-state index < -0.39 is 49.7 Å². The van der Waals surface area contributed by atoms with Crippen molar-refractivity contribution in [2.45, 2.75) is 134 Å². The summed E-state index contributed by atoms with van der Waals surface area (Å²) in [6.07, 6.45) is 22.6. The van der Waals surface area contributed by atoms with Gasteiger partial charge in [-0.1, -0.05) is 101 Å². The lowest BCUT2D eigenvalue weighted by atomic mass is 10.0. The molecule has 0 amide bonds. The number of terminal acetylenes is 1. The standard InChI is InChI=1S/C37H51F3N6O5P/c1-3-5-6-7-8-9-10-11-12-13-14-15-16-17-20-49-35(47)30(23-27-21-28(38)24-29(39)22-27)45-52(48)50-25-37(4-2)19-18-31(51-37)46-26-42-32-33(41)43-36(40)44-34(32)46/h2,21-22,24,26,30-31H,3,5-20,23,25H2,1H3,(H,45,48)(H2,41,43,44)/q+1/t30-,31+,37-/m0/s1. The zero-order valence-electron chi connectivity index (χ0n) is 30.0. The second-order valence-electron chi connectivity index (χ2n) is 13.4. The molecule has 52 heavy (non-hydrogen) atoms. The van der Waals surface area contributed by atoms with Gasteiger partial charge in [0.1, 0.15) is 24.5 Å². The van der Waals surface area contributed by atoms with Crippen LogP contribution in [0.25, 0.3) is 11.2 Å². The molecule has 4 atom stereocenters. The molecular formula is C37H51F3N6O5P+. The van der Waals surface area contributed by atoms with E-state index in [2.05, 4.69) is 32.9 Å². The number of nitrogen functional groups attached to an aromatic ring is 1. The van der Waals surface area contributed by atoms with Crippen molar-refractivity contribution in [3.63, 3.8) is 0 Å². The molecule has 1 saturated heterocycles. The molecule has 0 radical (unpaired) electrons. The van der Waals surface area contributed by atoms with Crippen LogP contribution in [-0.2, 0) is 29.8 Å². The first-order valence-electron chi connectivity index (χ1n) is 18.4. The van der Waals surface area contributed by atoms with Crippen LogP contribution in [-0.4, -0.2) is 50.3 Å². The number of rotatable bonds is 24. The number of carbonyl (C=O) groups is 1. The van der Waals surface area contributed by atoms with E-state index in [1.54, 1.807) is 0 Å². The summed E-state index contributed by atoms with van der Waals surface area (Å²) in [5, 5.41) is 2.60. The van der Waals surface area contributed by atoms with Gasteiger partial charge in [0.15, 0.2) is 28.6 Å². The molecule has 3 heterocycles. The number of anilines is 1. The molecule has 0 spiro atoms. The van der Waals surface area contributed by atoms with Gasteiger partial charge in [0.2, 0.25) is 0 Å². The highest BCUT2D eigenvalue weighted by Crippen LogP contribution is 2.39. The third-order valence-electron chi connectivity index (χ3n) is 9.22. The van der Waals surface area contributed by atoms with Gasteiger partial charge in [-0.25, -0.2) is 13.8 Å². The van der Waals surface area contributed by atoms with E-state index in [1.165, 1.54) is 75.1 Å². The fourth-order valence-corrected chi connectivity index (χ4v) is 7.20. The second-order valence-corrected chi connectivity index (χ2v) is 14.4. The van der Waals surface area contributed by atoms with E-state index >= 15 is 0 Å². The molecule has 0 saturated carbocycles. The Balaban J connectivity index is 1.22. The van der Waals surface area contributed by atoms with E-state index in [0.29, 0.717) is 12.8 Å². The molecule has 0 bridgehead atoms. The molecule has 15 heteroatoms. The number of carbonyl (C=O) groups excluding carboxylic acids is 1. The molecule has 1 aliphatic rings. The van der Waals surface area contributed by atoms with Crippen molar-refractivity contribution < 1.29 is 36.5 Å². The number of hydrogen-bond acceptors (Lipinski definition) is 9.